The van der Waals surface area contributed by atoms with Gasteiger partial charge in [0.1, 0.15) is 0 Å². The van der Waals surface area contributed by atoms with Crippen molar-refractivity contribution in [2.75, 3.05) is 13.1 Å². The molecule has 0 atom stereocenters. The van der Waals surface area contributed by atoms with Crippen LogP contribution in [0.25, 0.3) is 0 Å². The Morgan fingerprint density at radius 2 is 0.720 bits per heavy atom. The Bertz CT molecular complexity index is 275. The van der Waals surface area contributed by atoms with Gasteiger partial charge < -0.3 is 17.2 Å². The molecule has 25 heavy (non-hydrogen) atoms. The third-order valence-corrected chi connectivity index (χ3v) is 4.91. The lowest BCUT2D eigenvalue weighted by Gasteiger charge is -2.03. The van der Waals surface area contributed by atoms with E-state index in [1.165, 1.54) is 109 Å². The second kappa shape index (κ2) is 21.3. The average molecular weight is 355 g/mol. The van der Waals surface area contributed by atoms with E-state index in [4.69, 9.17) is 17.2 Å². The van der Waals surface area contributed by atoms with Gasteiger partial charge in [-0.2, -0.15) is 0 Å². The quantitative estimate of drug-likeness (QED) is 0.159. The summed E-state index contributed by atoms with van der Waals surface area (Å²) in [5, 5.41) is 0. The predicted octanol–water partition coefficient (Wildman–Crippen LogP) is 5.24. The summed E-state index contributed by atoms with van der Waals surface area (Å²) >= 11 is 0. The number of guanidine groups is 1. The maximum absolute atomic E-state index is 5.50. The highest BCUT2D eigenvalue weighted by Gasteiger charge is 1.95. The van der Waals surface area contributed by atoms with Gasteiger partial charge in [-0.25, -0.2) is 0 Å². The zero-order valence-electron chi connectivity index (χ0n) is 16.8. The standard InChI is InChI=1S/C21H46N4/c22-19-17-15-13-11-9-7-5-3-1-2-4-6-8-10-12-14-16-18-20-25-21(23)24/h1-20,22H2,(H4,23,24,25). The Labute approximate surface area is 157 Å². The van der Waals surface area contributed by atoms with Crippen molar-refractivity contribution < 1.29 is 0 Å². The van der Waals surface area contributed by atoms with Crippen LogP contribution in [-0.4, -0.2) is 19.0 Å². The maximum atomic E-state index is 5.50. The second-order valence-corrected chi connectivity index (χ2v) is 7.46. The Morgan fingerprint density at radius 3 is 1.00 bits per heavy atom. The number of hydrogen-bond acceptors (Lipinski definition) is 2. The topological polar surface area (TPSA) is 90.4 Å². The molecule has 0 saturated carbocycles. The van der Waals surface area contributed by atoms with E-state index < -0.39 is 0 Å². The predicted molar refractivity (Wildman–Crippen MR) is 113 cm³/mol. The van der Waals surface area contributed by atoms with Gasteiger partial charge in [-0.05, 0) is 19.4 Å². The fourth-order valence-electron chi connectivity index (χ4n) is 3.29. The number of hydrogen-bond donors (Lipinski definition) is 3. The van der Waals surface area contributed by atoms with Crippen molar-refractivity contribution in [3.05, 3.63) is 0 Å². The fourth-order valence-corrected chi connectivity index (χ4v) is 3.29. The second-order valence-electron chi connectivity index (χ2n) is 7.46. The highest BCUT2D eigenvalue weighted by Crippen LogP contribution is 2.14. The van der Waals surface area contributed by atoms with Crippen LogP contribution in [0.4, 0.5) is 0 Å². The van der Waals surface area contributed by atoms with Crippen molar-refractivity contribution in [3.63, 3.8) is 0 Å². The molecule has 0 fully saturated rings. The maximum Gasteiger partial charge on any atom is 0.185 e. The molecule has 4 heteroatoms. The van der Waals surface area contributed by atoms with Gasteiger partial charge in [-0.3, -0.25) is 4.99 Å². The van der Waals surface area contributed by atoms with Crippen LogP contribution in [0, 0.1) is 0 Å². The van der Waals surface area contributed by atoms with Gasteiger partial charge >= 0.3 is 0 Å². The van der Waals surface area contributed by atoms with Crippen molar-refractivity contribution in [1.82, 2.24) is 0 Å². The van der Waals surface area contributed by atoms with Crippen LogP contribution in [0.5, 0.6) is 0 Å². The fraction of sp³-hybridized carbons (Fsp3) is 0.952. The zero-order valence-corrected chi connectivity index (χ0v) is 16.8. The van der Waals surface area contributed by atoms with E-state index in [2.05, 4.69) is 4.99 Å². The summed E-state index contributed by atoms with van der Waals surface area (Å²) in [4.78, 5) is 4.01. The van der Waals surface area contributed by atoms with Gasteiger partial charge in [0.25, 0.3) is 0 Å². The van der Waals surface area contributed by atoms with Crippen LogP contribution >= 0.6 is 0 Å². The lowest BCUT2D eigenvalue weighted by molar-refractivity contribution is 0.524. The number of unbranched alkanes of at least 4 members (excludes halogenated alkanes) is 17. The molecule has 0 aromatic rings. The molecule has 150 valence electrons. The molecule has 0 radical (unpaired) electrons. The largest absolute Gasteiger partial charge is 0.370 e. The van der Waals surface area contributed by atoms with E-state index in [0.29, 0.717) is 0 Å². The SMILES string of the molecule is NCCCCCCCCCCCCCCCCCCCCN=C(N)N. The normalized spacial score (nSPS) is 10.9. The van der Waals surface area contributed by atoms with Gasteiger partial charge in [0, 0.05) is 6.54 Å². The molecule has 0 aliphatic heterocycles. The van der Waals surface area contributed by atoms with Gasteiger partial charge in [0.05, 0.1) is 0 Å². The van der Waals surface area contributed by atoms with Crippen LogP contribution in [0.3, 0.4) is 0 Å². The molecule has 0 heterocycles. The van der Waals surface area contributed by atoms with E-state index in [1.54, 1.807) is 0 Å². The minimum Gasteiger partial charge on any atom is -0.370 e. The summed E-state index contributed by atoms with van der Waals surface area (Å²) in [6.07, 6.45) is 24.7. The molecular weight excluding hydrogens is 308 g/mol. The van der Waals surface area contributed by atoms with Gasteiger partial charge in [0.2, 0.25) is 0 Å². The molecule has 0 bridgehead atoms. The lowest BCUT2D eigenvalue weighted by Crippen LogP contribution is -2.22. The summed E-state index contributed by atoms with van der Waals surface area (Å²) in [5.74, 6) is 0.221. The van der Waals surface area contributed by atoms with E-state index in [9.17, 15) is 0 Å². The molecule has 0 unspecified atom stereocenters. The molecule has 0 rings (SSSR count). The van der Waals surface area contributed by atoms with Crippen LogP contribution in [-0.2, 0) is 0 Å². The van der Waals surface area contributed by atoms with Crippen LogP contribution in [0.15, 0.2) is 4.99 Å². The number of aliphatic imine (C=N–C) groups is 1. The first-order valence-electron chi connectivity index (χ1n) is 11.0. The molecule has 0 aromatic heterocycles. The molecule has 0 saturated heterocycles. The summed E-state index contributed by atoms with van der Waals surface area (Å²) in [7, 11) is 0. The molecular formula is C21H46N4. The Kier molecular flexibility index (Phi) is 20.6. The summed E-state index contributed by atoms with van der Waals surface area (Å²) in [5.41, 5.74) is 16.1. The number of nitrogens with two attached hydrogens (primary N) is 3. The Balaban J connectivity index is 2.99. The summed E-state index contributed by atoms with van der Waals surface area (Å²) < 4.78 is 0. The molecule has 0 aliphatic carbocycles. The van der Waals surface area contributed by atoms with Gasteiger partial charge in [0.15, 0.2) is 5.96 Å². The Morgan fingerprint density at radius 1 is 0.440 bits per heavy atom. The molecule has 0 amide bonds. The first-order chi connectivity index (χ1) is 12.3. The van der Waals surface area contributed by atoms with E-state index in [0.717, 1.165) is 19.5 Å². The molecule has 0 spiro atoms. The molecule has 4 nitrogen and oxygen atoms in total. The van der Waals surface area contributed by atoms with Crippen molar-refractivity contribution >= 4 is 5.96 Å². The van der Waals surface area contributed by atoms with Crippen LogP contribution in [0.2, 0.25) is 0 Å². The molecule has 6 N–H and O–H groups in total. The summed E-state index contributed by atoms with van der Waals surface area (Å²) in [6.45, 7) is 1.65. The highest BCUT2D eigenvalue weighted by molar-refractivity contribution is 5.75. The molecule has 0 aromatic carbocycles. The first kappa shape index (κ1) is 24.2. The average Bonchev–Trinajstić information content (AvgIpc) is 2.60. The minimum atomic E-state index is 0.221. The van der Waals surface area contributed by atoms with Crippen LogP contribution < -0.4 is 17.2 Å². The third kappa shape index (κ3) is 23.2. The molecule has 0 aliphatic rings. The zero-order chi connectivity index (χ0) is 18.4. The smallest absolute Gasteiger partial charge is 0.185 e. The van der Waals surface area contributed by atoms with Gasteiger partial charge in [-0.15, -0.1) is 0 Å². The first-order valence-corrected chi connectivity index (χ1v) is 11.0. The van der Waals surface area contributed by atoms with Crippen molar-refractivity contribution in [1.29, 1.82) is 0 Å². The Hall–Kier alpha value is -0.770. The van der Waals surface area contributed by atoms with Gasteiger partial charge in [-0.1, -0.05) is 103 Å². The monoisotopic (exact) mass is 354 g/mol. The number of rotatable bonds is 20. The number of nitrogens with zero attached hydrogens (tertiary/aromatic N) is 1. The highest BCUT2D eigenvalue weighted by atomic mass is 15.0. The van der Waals surface area contributed by atoms with Crippen molar-refractivity contribution in [2.24, 2.45) is 22.2 Å². The van der Waals surface area contributed by atoms with E-state index in [-0.39, 0.29) is 5.96 Å². The van der Waals surface area contributed by atoms with Crippen molar-refractivity contribution in [3.8, 4) is 0 Å². The minimum absolute atomic E-state index is 0.221. The van der Waals surface area contributed by atoms with E-state index in [1.807, 2.05) is 0 Å². The lowest BCUT2D eigenvalue weighted by atomic mass is 10.0. The van der Waals surface area contributed by atoms with Crippen LogP contribution in [0.1, 0.15) is 116 Å². The van der Waals surface area contributed by atoms with E-state index >= 15 is 0 Å². The third-order valence-electron chi connectivity index (χ3n) is 4.91. The summed E-state index contributed by atoms with van der Waals surface area (Å²) in [6, 6.07) is 0. The van der Waals surface area contributed by atoms with Crippen molar-refractivity contribution in [2.45, 2.75) is 116 Å².